The van der Waals surface area contributed by atoms with E-state index in [-0.39, 0.29) is 24.6 Å². The largest absolute Gasteiger partial charge is 0.492 e. The summed E-state index contributed by atoms with van der Waals surface area (Å²) in [4.78, 5) is 12.8. The highest BCUT2D eigenvalue weighted by Gasteiger charge is 2.28. The van der Waals surface area contributed by atoms with Gasteiger partial charge in [-0.05, 0) is 67.8 Å². The molecule has 3 rings (SSSR count). The molecule has 3 aromatic carbocycles. The van der Waals surface area contributed by atoms with Crippen molar-refractivity contribution in [2.75, 3.05) is 24.0 Å². The predicted molar refractivity (Wildman–Crippen MR) is 127 cm³/mol. The standard InChI is InChI=1S/C25H28N2O4S/c1-19-8-7-9-22(16-19)31-15-14-26-25(28)18-27(24-17-20(2)12-13-21(24)3)32(29,30)23-10-5-4-6-11-23/h4-13,16-17H,14-15,18H2,1-3H3,(H,26,28). The van der Waals surface area contributed by atoms with E-state index in [1.54, 1.807) is 24.3 Å². The summed E-state index contributed by atoms with van der Waals surface area (Å²) in [6.45, 7) is 5.91. The van der Waals surface area contributed by atoms with Gasteiger partial charge in [-0.15, -0.1) is 0 Å². The smallest absolute Gasteiger partial charge is 0.264 e. The van der Waals surface area contributed by atoms with Crippen molar-refractivity contribution >= 4 is 21.6 Å². The van der Waals surface area contributed by atoms with E-state index in [0.29, 0.717) is 5.69 Å². The van der Waals surface area contributed by atoms with Crippen LogP contribution in [0.5, 0.6) is 5.75 Å². The number of sulfonamides is 1. The van der Waals surface area contributed by atoms with Gasteiger partial charge in [0, 0.05) is 0 Å². The molecule has 1 amide bonds. The summed E-state index contributed by atoms with van der Waals surface area (Å²) in [6, 6.07) is 21.3. The second-order valence-corrected chi connectivity index (χ2v) is 9.49. The lowest BCUT2D eigenvalue weighted by molar-refractivity contribution is -0.119. The Morgan fingerprint density at radius 1 is 0.906 bits per heavy atom. The van der Waals surface area contributed by atoms with Crippen molar-refractivity contribution in [1.82, 2.24) is 5.32 Å². The second kappa shape index (κ2) is 10.3. The molecule has 0 fully saturated rings. The topological polar surface area (TPSA) is 75.7 Å². The lowest BCUT2D eigenvalue weighted by atomic mass is 10.1. The normalized spacial score (nSPS) is 11.1. The highest BCUT2D eigenvalue weighted by atomic mass is 32.2. The van der Waals surface area contributed by atoms with Gasteiger partial charge in [-0.1, -0.05) is 42.5 Å². The van der Waals surface area contributed by atoms with Crippen molar-refractivity contribution in [2.24, 2.45) is 0 Å². The number of amides is 1. The summed E-state index contributed by atoms with van der Waals surface area (Å²) >= 11 is 0. The molecular formula is C25H28N2O4S. The number of anilines is 1. The number of carbonyl (C=O) groups is 1. The van der Waals surface area contributed by atoms with E-state index in [1.807, 2.05) is 57.2 Å². The van der Waals surface area contributed by atoms with Gasteiger partial charge in [-0.3, -0.25) is 9.10 Å². The summed E-state index contributed by atoms with van der Waals surface area (Å²) in [7, 11) is -3.93. The third-order valence-corrected chi connectivity index (χ3v) is 6.71. The van der Waals surface area contributed by atoms with Crippen molar-refractivity contribution in [2.45, 2.75) is 25.7 Å². The van der Waals surface area contributed by atoms with Crippen molar-refractivity contribution in [3.8, 4) is 5.75 Å². The average molecular weight is 453 g/mol. The predicted octanol–water partition coefficient (Wildman–Crippen LogP) is 4.00. The number of nitrogens with one attached hydrogen (secondary N) is 1. The molecule has 0 aromatic heterocycles. The highest BCUT2D eigenvalue weighted by molar-refractivity contribution is 7.92. The molecule has 0 atom stereocenters. The Morgan fingerprint density at radius 3 is 2.34 bits per heavy atom. The van der Waals surface area contributed by atoms with Gasteiger partial charge in [-0.2, -0.15) is 0 Å². The average Bonchev–Trinajstić information content (AvgIpc) is 2.77. The van der Waals surface area contributed by atoms with Crippen LogP contribution in [-0.2, 0) is 14.8 Å². The van der Waals surface area contributed by atoms with Gasteiger partial charge in [0.05, 0.1) is 17.1 Å². The highest BCUT2D eigenvalue weighted by Crippen LogP contribution is 2.27. The molecule has 0 radical (unpaired) electrons. The third kappa shape index (κ3) is 5.88. The van der Waals surface area contributed by atoms with Crippen molar-refractivity contribution < 1.29 is 17.9 Å². The first-order chi connectivity index (χ1) is 15.3. The molecule has 32 heavy (non-hydrogen) atoms. The molecule has 0 saturated heterocycles. The maximum absolute atomic E-state index is 13.4. The molecular weight excluding hydrogens is 424 g/mol. The SMILES string of the molecule is Cc1cccc(OCCNC(=O)CN(c2cc(C)ccc2C)S(=O)(=O)c2ccccc2)c1. The van der Waals surface area contributed by atoms with E-state index in [4.69, 9.17) is 4.74 Å². The molecule has 0 unspecified atom stereocenters. The van der Waals surface area contributed by atoms with Crippen LogP contribution in [-0.4, -0.2) is 34.0 Å². The van der Waals surface area contributed by atoms with Crippen LogP contribution < -0.4 is 14.4 Å². The molecule has 7 heteroatoms. The lowest BCUT2D eigenvalue weighted by Gasteiger charge is -2.26. The zero-order chi connectivity index (χ0) is 23.1. The first-order valence-electron chi connectivity index (χ1n) is 10.4. The molecule has 0 aliphatic rings. The van der Waals surface area contributed by atoms with Crippen LogP contribution in [0.3, 0.4) is 0 Å². The van der Waals surface area contributed by atoms with Crippen LogP contribution in [0.15, 0.2) is 77.7 Å². The first-order valence-corrected chi connectivity index (χ1v) is 11.8. The summed E-state index contributed by atoms with van der Waals surface area (Å²) in [5.74, 6) is 0.321. The number of hydrogen-bond acceptors (Lipinski definition) is 4. The van der Waals surface area contributed by atoms with Gasteiger partial charge < -0.3 is 10.1 Å². The van der Waals surface area contributed by atoms with Crippen LogP contribution in [0.1, 0.15) is 16.7 Å². The number of aryl methyl sites for hydroxylation is 3. The van der Waals surface area contributed by atoms with Crippen molar-refractivity contribution in [3.05, 3.63) is 89.5 Å². The van der Waals surface area contributed by atoms with Gasteiger partial charge in [0.1, 0.15) is 18.9 Å². The fourth-order valence-electron chi connectivity index (χ4n) is 3.26. The van der Waals surface area contributed by atoms with Crippen molar-refractivity contribution in [1.29, 1.82) is 0 Å². The first kappa shape index (κ1) is 23.3. The molecule has 0 heterocycles. The third-order valence-electron chi connectivity index (χ3n) is 4.93. The molecule has 0 bridgehead atoms. The summed E-state index contributed by atoms with van der Waals surface area (Å²) in [5.41, 5.74) is 3.25. The number of carbonyl (C=O) groups excluding carboxylic acids is 1. The molecule has 0 spiro atoms. The molecule has 0 aliphatic heterocycles. The Labute approximate surface area is 189 Å². The van der Waals surface area contributed by atoms with Crippen LogP contribution in [0.25, 0.3) is 0 Å². The van der Waals surface area contributed by atoms with E-state index < -0.39 is 15.9 Å². The van der Waals surface area contributed by atoms with E-state index >= 15 is 0 Å². The Kier molecular flexibility index (Phi) is 7.53. The van der Waals surface area contributed by atoms with Crippen LogP contribution >= 0.6 is 0 Å². The second-order valence-electron chi connectivity index (χ2n) is 7.63. The van der Waals surface area contributed by atoms with Gasteiger partial charge in [-0.25, -0.2) is 8.42 Å². The number of rotatable bonds is 9. The van der Waals surface area contributed by atoms with Crippen LogP contribution in [0.4, 0.5) is 5.69 Å². The van der Waals surface area contributed by atoms with E-state index in [0.717, 1.165) is 22.4 Å². The maximum Gasteiger partial charge on any atom is 0.264 e. The molecule has 168 valence electrons. The number of hydrogen-bond donors (Lipinski definition) is 1. The Bertz CT molecular complexity index is 1180. The van der Waals surface area contributed by atoms with E-state index in [2.05, 4.69) is 5.32 Å². The maximum atomic E-state index is 13.4. The fourth-order valence-corrected chi connectivity index (χ4v) is 4.76. The van der Waals surface area contributed by atoms with Crippen LogP contribution in [0, 0.1) is 20.8 Å². The fraction of sp³-hybridized carbons (Fsp3) is 0.240. The molecule has 1 N–H and O–H groups in total. The monoisotopic (exact) mass is 452 g/mol. The molecule has 3 aromatic rings. The van der Waals surface area contributed by atoms with Gasteiger partial charge in [0.2, 0.25) is 5.91 Å². The Morgan fingerprint density at radius 2 is 1.62 bits per heavy atom. The zero-order valence-electron chi connectivity index (χ0n) is 18.5. The number of ether oxygens (including phenoxy) is 1. The summed E-state index contributed by atoms with van der Waals surface area (Å²) in [6.07, 6.45) is 0. The Balaban J connectivity index is 1.74. The lowest BCUT2D eigenvalue weighted by Crippen LogP contribution is -2.42. The van der Waals surface area contributed by atoms with E-state index in [1.165, 1.54) is 16.4 Å². The molecule has 0 saturated carbocycles. The van der Waals surface area contributed by atoms with Gasteiger partial charge >= 0.3 is 0 Å². The number of nitrogens with zero attached hydrogens (tertiary/aromatic N) is 1. The molecule has 0 aliphatic carbocycles. The van der Waals surface area contributed by atoms with Gasteiger partial charge in [0.25, 0.3) is 10.0 Å². The minimum absolute atomic E-state index is 0.136. The minimum Gasteiger partial charge on any atom is -0.492 e. The van der Waals surface area contributed by atoms with E-state index in [9.17, 15) is 13.2 Å². The minimum atomic E-state index is -3.93. The van der Waals surface area contributed by atoms with Crippen molar-refractivity contribution in [3.63, 3.8) is 0 Å². The summed E-state index contributed by atoms with van der Waals surface area (Å²) in [5, 5.41) is 2.76. The number of benzene rings is 3. The Hall–Kier alpha value is -3.32. The van der Waals surface area contributed by atoms with Gasteiger partial charge in [0.15, 0.2) is 0 Å². The summed E-state index contributed by atoms with van der Waals surface area (Å²) < 4.78 is 33.6. The quantitative estimate of drug-likeness (QED) is 0.498. The molecule has 6 nitrogen and oxygen atoms in total. The zero-order valence-corrected chi connectivity index (χ0v) is 19.4. The van der Waals surface area contributed by atoms with Crippen LogP contribution in [0.2, 0.25) is 0 Å².